The normalized spacial score (nSPS) is 14.7. The van der Waals surface area contributed by atoms with Crippen LogP contribution in [-0.4, -0.2) is 33.2 Å². The molecule has 6 rings (SSSR count). The van der Waals surface area contributed by atoms with E-state index in [1.54, 1.807) is 4.68 Å². The predicted octanol–water partition coefficient (Wildman–Crippen LogP) is 5.08. The Morgan fingerprint density at radius 2 is 1.89 bits per heavy atom. The van der Waals surface area contributed by atoms with E-state index in [-0.39, 0.29) is 11.3 Å². The topological polar surface area (TPSA) is 112 Å². The minimum Gasteiger partial charge on any atom is -0.454 e. The van der Waals surface area contributed by atoms with Gasteiger partial charge in [-0.25, -0.2) is 9.78 Å². The molecule has 8 heteroatoms. The van der Waals surface area contributed by atoms with E-state index in [2.05, 4.69) is 40.4 Å². The number of anilines is 1. The van der Waals surface area contributed by atoms with E-state index in [1.807, 2.05) is 31.2 Å². The minimum atomic E-state index is -0.392. The Morgan fingerprint density at radius 3 is 2.67 bits per heavy atom. The van der Waals surface area contributed by atoms with Gasteiger partial charge in [-0.15, -0.1) is 0 Å². The lowest BCUT2D eigenvalue weighted by Gasteiger charge is -2.21. The lowest BCUT2D eigenvalue weighted by molar-refractivity contribution is 0.0640. The van der Waals surface area contributed by atoms with Gasteiger partial charge in [-0.05, 0) is 75.3 Å². The monoisotopic (exact) mass is 483 g/mol. The molecule has 8 nitrogen and oxygen atoms in total. The summed E-state index contributed by atoms with van der Waals surface area (Å²) in [6.45, 7) is 5.81. The lowest BCUT2D eigenvalue weighted by atomic mass is 9.93. The number of hydrogen-bond donors (Lipinski definition) is 2. The van der Waals surface area contributed by atoms with E-state index in [1.165, 1.54) is 5.56 Å². The number of benzene rings is 2. The van der Waals surface area contributed by atoms with Gasteiger partial charge >= 0.3 is 0 Å². The third kappa shape index (κ3) is 3.87. The second-order valence-corrected chi connectivity index (χ2v) is 9.74. The number of ether oxygens (including phenoxy) is 1. The van der Waals surface area contributed by atoms with Crippen LogP contribution in [0.5, 0.6) is 0 Å². The van der Waals surface area contributed by atoms with Crippen molar-refractivity contribution in [3.05, 3.63) is 69.5 Å². The molecule has 0 radical (unpaired) electrons. The molecule has 0 atom stereocenters. The molecule has 5 aromatic rings. The number of aryl methyl sites for hydroxylation is 3. The summed E-state index contributed by atoms with van der Waals surface area (Å²) in [5, 5.41) is 12.6. The molecule has 3 N–H and O–H groups in total. The van der Waals surface area contributed by atoms with Gasteiger partial charge in [0.15, 0.2) is 17.1 Å². The van der Waals surface area contributed by atoms with Crippen molar-refractivity contribution in [2.75, 3.05) is 18.9 Å². The van der Waals surface area contributed by atoms with Gasteiger partial charge in [0.05, 0.1) is 11.1 Å². The number of nitrogens with two attached hydrogens (primary N) is 1. The van der Waals surface area contributed by atoms with Gasteiger partial charge in [-0.2, -0.15) is 10.2 Å². The molecule has 0 aliphatic carbocycles. The van der Waals surface area contributed by atoms with Crippen molar-refractivity contribution in [3.8, 4) is 17.1 Å². The maximum atomic E-state index is 12.7. The molecule has 0 saturated carbocycles. The van der Waals surface area contributed by atoms with Crippen LogP contribution >= 0.6 is 0 Å². The average molecular weight is 484 g/mol. The molecule has 0 amide bonds. The van der Waals surface area contributed by atoms with Crippen LogP contribution in [-0.2, 0) is 11.2 Å². The molecule has 2 aromatic carbocycles. The number of hydrogen-bond acceptors (Lipinski definition) is 6. The van der Waals surface area contributed by atoms with Crippen LogP contribution in [0.3, 0.4) is 0 Å². The molecule has 1 aliphatic heterocycles. The Balaban J connectivity index is 1.45. The molecule has 0 unspecified atom stereocenters. The van der Waals surface area contributed by atoms with E-state index in [9.17, 15) is 4.79 Å². The Labute approximate surface area is 208 Å². The Morgan fingerprint density at radius 1 is 1.11 bits per heavy atom. The Kier molecular flexibility index (Phi) is 5.60. The van der Waals surface area contributed by atoms with Crippen molar-refractivity contribution >= 4 is 27.7 Å². The summed E-state index contributed by atoms with van der Waals surface area (Å²) >= 11 is 0. The number of furan rings is 1. The third-order valence-electron chi connectivity index (χ3n) is 7.30. The molecule has 1 fully saturated rings. The summed E-state index contributed by atoms with van der Waals surface area (Å²) in [5.74, 6) is 1.55. The first-order valence-electron chi connectivity index (χ1n) is 12.4. The van der Waals surface area contributed by atoms with Gasteiger partial charge in [0, 0.05) is 24.2 Å². The smallest absolute Gasteiger partial charge is 0.292 e. The molecular formula is C28H29N5O3. The standard InChI is InChI=1S/C28H29N5O3/c1-16-3-10-22-21(15-16)17(2)26(36-22)25-23-24(28(34)31-30-27(23)29)32-33(25)20-8-6-18(7-9-20)4-5-19-11-13-35-14-12-19/h3,6-10,15,19H,4-5,11-14H2,1-2H3,(H2,29,30)(H,31,34). The third-order valence-corrected chi connectivity index (χ3v) is 7.30. The summed E-state index contributed by atoms with van der Waals surface area (Å²) in [7, 11) is 0. The zero-order valence-corrected chi connectivity index (χ0v) is 20.5. The van der Waals surface area contributed by atoms with Crippen LogP contribution in [0.1, 0.15) is 36.0 Å². The quantitative estimate of drug-likeness (QED) is 0.361. The van der Waals surface area contributed by atoms with Gasteiger partial charge < -0.3 is 14.9 Å². The number of nitrogens with one attached hydrogen (secondary N) is 1. The van der Waals surface area contributed by atoms with Crippen LogP contribution in [0.15, 0.2) is 51.7 Å². The predicted molar refractivity (Wildman–Crippen MR) is 140 cm³/mol. The maximum absolute atomic E-state index is 12.7. The summed E-state index contributed by atoms with van der Waals surface area (Å²) in [4.78, 5) is 12.7. The fourth-order valence-electron chi connectivity index (χ4n) is 5.21. The van der Waals surface area contributed by atoms with Crippen LogP contribution in [0, 0.1) is 19.8 Å². The second kappa shape index (κ2) is 8.95. The Hall–Kier alpha value is -3.91. The van der Waals surface area contributed by atoms with Crippen molar-refractivity contribution in [2.24, 2.45) is 5.92 Å². The van der Waals surface area contributed by atoms with Crippen molar-refractivity contribution < 1.29 is 9.15 Å². The van der Waals surface area contributed by atoms with Crippen LogP contribution in [0.2, 0.25) is 0 Å². The first-order chi connectivity index (χ1) is 17.5. The van der Waals surface area contributed by atoms with Crippen LogP contribution < -0.4 is 11.3 Å². The Bertz CT molecular complexity index is 1620. The van der Waals surface area contributed by atoms with Crippen molar-refractivity contribution in [1.29, 1.82) is 0 Å². The summed E-state index contributed by atoms with van der Waals surface area (Å²) in [5.41, 5.74) is 11.7. The number of aromatic nitrogens is 4. The maximum Gasteiger partial charge on any atom is 0.292 e. The molecule has 184 valence electrons. The summed E-state index contributed by atoms with van der Waals surface area (Å²) < 4.78 is 13.6. The van der Waals surface area contributed by atoms with Gasteiger partial charge in [0.1, 0.15) is 11.3 Å². The molecule has 4 heterocycles. The zero-order chi connectivity index (χ0) is 24.8. The lowest BCUT2D eigenvalue weighted by Crippen LogP contribution is -2.16. The van der Waals surface area contributed by atoms with Crippen LogP contribution in [0.25, 0.3) is 39.0 Å². The highest BCUT2D eigenvalue weighted by Gasteiger charge is 2.25. The van der Waals surface area contributed by atoms with Gasteiger partial charge in [-0.1, -0.05) is 23.8 Å². The number of rotatable bonds is 5. The molecule has 1 aliphatic rings. The summed E-state index contributed by atoms with van der Waals surface area (Å²) in [6, 6.07) is 14.4. The second-order valence-electron chi connectivity index (χ2n) is 9.74. The van der Waals surface area contributed by atoms with Gasteiger partial charge in [0.2, 0.25) is 0 Å². The van der Waals surface area contributed by atoms with Crippen molar-refractivity contribution in [1.82, 2.24) is 20.0 Å². The summed E-state index contributed by atoms with van der Waals surface area (Å²) in [6.07, 6.45) is 4.47. The zero-order valence-electron chi connectivity index (χ0n) is 20.5. The first-order valence-corrected chi connectivity index (χ1v) is 12.4. The minimum absolute atomic E-state index is 0.204. The molecule has 3 aromatic heterocycles. The van der Waals surface area contributed by atoms with E-state index >= 15 is 0 Å². The number of fused-ring (bicyclic) bond motifs is 2. The number of H-pyrrole nitrogens is 1. The van der Waals surface area contributed by atoms with Crippen molar-refractivity contribution in [3.63, 3.8) is 0 Å². The fraction of sp³-hybridized carbons (Fsp3) is 0.321. The van der Waals surface area contributed by atoms with E-state index in [0.717, 1.165) is 72.6 Å². The SMILES string of the molecule is Cc1ccc2oc(-c3c4c(N)n[nH]c(=O)c4nn3-c3ccc(CCC4CCOCC4)cc3)c(C)c2c1. The van der Waals surface area contributed by atoms with Crippen LogP contribution in [0.4, 0.5) is 5.82 Å². The fourth-order valence-corrected chi connectivity index (χ4v) is 5.21. The molecule has 1 saturated heterocycles. The largest absolute Gasteiger partial charge is 0.454 e. The van der Waals surface area contributed by atoms with Gasteiger partial charge in [0.25, 0.3) is 5.56 Å². The molecule has 0 spiro atoms. The highest BCUT2D eigenvalue weighted by atomic mass is 16.5. The van der Waals surface area contributed by atoms with E-state index in [4.69, 9.17) is 14.9 Å². The molecule has 0 bridgehead atoms. The van der Waals surface area contributed by atoms with Crippen molar-refractivity contribution in [2.45, 2.75) is 39.5 Å². The number of aromatic amines is 1. The van der Waals surface area contributed by atoms with E-state index < -0.39 is 5.56 Å². The number of nitrogens with zero attached hydrogens (tertiary/aromatic N) is 3. The first kappa shape index (κ1) is 22.5. The number of nitrogen functional groups attached to an aromatic ring is 1. The molecular weight excluding hydrogens is 454 g/mol. The van der Waals surface area contributed by atoms with Gasteiger partial charge in [-0.3, -0.25) is 4.79 Å². The highest BCUT2D eigenvalue weighted by molar-refractivity contribution is 6.02. The molecule has 36 heavy (non-hydrogen) atoms. The highest BCUT2D eigenvalue weighted by Crippen LogP contribution is 2.39. The average Bonchev–Trinajstić information content (AvgIpc) is 3.45. The van der Waals surface area contributed by atoms with E-state index in [0.29, 0.717) is 16.8 Å².